The van der Waals surface area contributed by atoms with E-state index < -0.39 is 11.4 Å². The molecule has 0 radical (unpaired) electrons. The van der Waals surface area contributed by atoms with Crippen LogP contribution in [0, 0.1) is 5.82 Å². The maximum atomic E-state index is 14.8. The lowest BCUT2D eigenvalue weighted by molar-refractivity contribution is -0.0335. The van der Waals surface area contributed by atoms with Crippen LogP contribution in [0.15, 0.2) is 60.9 Å². The summed E-state index contributed by atoms with van der Waals surface area (Å²) in [6.07, 6.45) is 4.65. The number of benzene rings is 2. The van der Waals surface area contributed by atoms with Crippen LogP contribution in [-0.4, -0.2) is 25.1 Å². The van der Waals surface area contributed by atoms with Crippen molar-refractivity contribution in [2.45, 2.75) is 31.3 Å². The molecular weight excluding hydrogens is 383 g/mol. The van der Waals surface area contributed by atoms with E-state index in [9.17, 15) is 9.50 Å². The van der Waals surface area contributed by atoms with Gasteiger partial charge in [-0.05, 0) is 50.1 Å². The standard InChI is InChI=1S/C23H21FN4O2/c1-23(29)12-15(13-23)22-27-19(20-21(25)26-9-10-28(20)22)14-7-8-18(17(24)11-14)30-16-5-3-2-4-6-16/h2-11,15,29H,12-13H2,1H3,(H2,25,26). The minimum Gasteiger partial charge on any atom is -0.454 e. The Morgan fingerprint density at radius 1 is 1.20 bits per heavy atom. The van der Waals surface area contributed by atoms with Crippen molar-refractivity contribution >= 4 is 11.3 Å². The van der Waals surface area contributed by atoms with Crippen molar-refractivity contribution in [1.82, 2.24) is 14.4 Å². The first-order valence-corrected chi connectivity index (χ1v) is 9.79. The molecular formula is C23H21FN4O2. The van der Waals surface area contributed by atoms with Crippen molar-refractivity contribution < 1.29 is 14.2 Å². The van der Waals surface area contributed by atoms with Crippen molar-refractivity contribution in [2.75, 3.05) is 5.73 Å². The molecule has 30 heavy (non-hydrogen) atoms. The molecule has 7 heteroatoms. The van der Waals surface area contributed by atoms with Gasteiger partial charge in [0, 0.05) is 23.9 Å². The van der Waals surface area contributed by atoms with Gasteiger partial charge in [-0.15, -0.1) is 0 Å². The summed E-state index contributed by atoms with van der Waals surface area (Å²) in [6.45, 7) is 1.82. The molecule has 152 valence electrons. The number of nitrogens with zero attached hydrogens (tertiary/aromatic N) is 3. The van der Waals surface area contributed by atoms with E-state index in [1.54, 1.807) is 36.7 Å². The highest BCUT2D eigenvalue weighted by atomic mass is 19.1. The van der Waals surface area contributed by atoms with E-state index in [1.165, 1.54) is 6.07 Å². The Morgan fingerprint density at radius 2 is 1.97 bits per heavy atom. The van der Waals surface area contributed by atoms with Crippen LogP contribution in [0.1, 0.15) is 31.5 Å². The minimum atomic E-state index is -0.683. The van der Waals surface area contributed by atoms with Crippen molar-refractivity contribution in [3.05, 3.63) is 72.6 Å². The van der Waals surface area contributed by atoms with Gasteiger partial charge in [-0.1, -0.05) is 18.2 Å². The summed E-state index contributed by atoms with van der Waals surface area (Å²) in [6, 6.07) is 13.8. The predicted molar refractivity (Wildman–Crippen MR) is 112 cm³/mol. The molecule has 0 spiro atoms. The fourth-order valence-electron chi connectivity index (χ4n) is 4.11. The first-order chi connectivity index (χ1) is 14.4. The summed E-state index contributed by atoms with van der Waals surface area (Å²) in [7, 11) is 0. The van der Waals surface area contributed by atoms with Crippen molar-refractivity contribution in [3.8, 4) is 22.8 Å². The number of aromatic nitrogens is 3. The predicted octanol–water partition coefficient (Wildman–Crippen LogP) is 4.54. The first-order valence-electron chi connectivity index (χ1n) is 9.79. The highest BCUT2D eigenvalue weighted by molar-refractivity contribution is 5.85. The van der Waals surface area contributed by atoms with Crippen LogP contribution in [0.2, 0.25) is 0 Å². The van der Waals surface area contributed by atoms with Gasteiger partial charge in [0.15, 0.2) is 11.6 Å². The Hall–Kier alpha value is -3.45. The lowest BCUT2D eigenvalue weighted by Gasteiger charge is -2.40. The van der Waals surface area contributed by atoms with E-state index in [0.717, 1.165) is 5.82 Å². The molecule has 4 aromatic rings. The molecule has 0 saturated heterocycles. The molecule has 2 aromatic carbocycles. The maximum Gasteiger partial charge on any atom is 0.166 e. The van der Waals surface area contributed by atoms with Gasteiger partial charge >= 0.3 is 0 Å². The van der Waals surface area contributed by atoms with Crippen molar-refractivity contribution in [2.24, 2.45) is 0 Å². The number of ether oxygens (including phenoxy) is 1. The van der Waals surface area contributed by atoms with Crippen molar-refractivity contribution in [1.29, 1.82) is 0 Å². The molecule has 1 aliphatic rings. The number of imidazole rings is 1. The second kappa shape index (κ2) is 6.81. The number of hydrogen-bond acceptors (Lipinski definition) is 5. The van der Waals surface area contributed by atoms with Crippen LogP contribution in [0.4, 0.5) is 10.2 Å². The average Bonchev–Trinajstić information content (AvgIpc) is 3.09. The number of nitrogen functional groups attached to an aromatic ring is 1. The van der Waals surface area contributed by atoms with Gasteiger partial charge in [-0.25, -0.2) is 14.4 Å². The van der Waals surface area contributed by atoms with Crippen LogP contribution in [0.5, 0.6) is 11.5 Å². The number of halogens is 1. The molecule has 1 fully saturated rings. The number of nitrogens with two attached hydrogens (primary N) is 1. The van der Waals surface area contributed by atoms with E-state index in [2.05, 4.69) is 4.98 Å². The van der Waals surface area contributed by atoms with E-state index in [4.69, 9.17) is 15.5 Å². The van der Waals surface area contributed by atoms with E-state index >= 15 is 0 Å². The zero-order valence-electron chi connectivity index (χ0n) is 16.4. The number of aliphatic hydroxyl groups is 1. The molecule has 2 heterocycles. The molecule has 0 atom stereocenters. The Labute approximate surface area is 172 Å². The maximum absolute atomic E-state index is 14.8. The van der Waals surface area contributed by atoms with Crippen LogP contribution < -0.4 is 10.5 Å². The van der Waals surface area contributed by atoms with Crippen LogP contribution in [0.25, 0.3) is 16.8 Å². The zero-order valence-corrected chi connectivity index (χ0v) is 16.4. The van der Waals surface area contributed by atoms with Gasteiger partial charge in [0.05, 0.1) is 5.60 Å². The zero-order chi connectivity index (χ0) is 20.9. The lowest BCUT2D eigenvalue weighted by atomic mass is 9.72. The topological polar surface area (TPSA) is 85.7 Å². The smallest absolute Gasteiger partial charge is 0.166 e. The Morgan fingerprint density at radius 3 is 2.67 bits per heavy atom. The molecule has 0 amide bonds. The number of para-hydroxylation sites is 1. The molecule has 0 bridgehead atoms. The molecule has 2 aromatic heterocycles. The largest absolute Gasteiger partial charge is 0.454 e. The lowest BCUT2D eigenvalue weighted by Crippen LogP contribution is -2.40. The summed E-state index contributed by atoms with van der Waals surface area (Å²) in [5.74, 6) is 1.42. The van der Waals surface area contributed by atoms with Crippen molar-refractivity contribution in [3.63, 3.8) is 0 Å². The first kappa shape index (κ1) is 18.6. The van der Waals surface area contributed by atoms with E-state index in [1.807, 2.05) is 29.5 Å². The molecule has 5 rings (SSSR count). The van der Waals surface area contributed by atoms with Gasteiger partial charge in [-0.3, -0.25) is 4.40 Å². The second-order valence-electron chi connectivity index (χ2n) is 8.01. The molecule has 1 aliphatic carbocycles. The number of fused-ring (bicyclic) bond motifs is 1. The van der Waals surface area contributed by atoms with E-state index in [-0.39, 0.29) is 11.7 Å². The third-order valence-electron chi connectivity index (χ3n) is 5.52. The highest BCUT2D eigenvalue weighted by Crippen LogP contribution is 2.45. The van der Waals surface area contributed by atoms with Crippen LogP contribution >= 0.6 is 0 Å². The molecule has 3 N–H and O–H groups in total. The Bertz CT molecular complexity index is 1230. The van der Waals surface area contributed by atoms with Gasteiger partial charge < -0.3 is 15.6 Å². The number of anilines is 1. The van der Waals surface area contributed by atoms with Gasteiger partial charge in [-0.2, -0.15) is 0 Å². The summed E-state index contributed by atoms with van der Waals surface area (Å²) >= 11 is 0. The Balaban J connectivity index is 1.55. The summed E-state index contributed by atoms with van der Waals surface area (Å²) in [5, 5.41) is 10.1. The molecule has 0 unspecified atom stereocenters. The minimum absolute atomic E-state index is 0.105. The molecule has 1 saturated carbocycles. The van der Waals surface area contributed by atoms with Crippen LogP contribution in [-0.2, 0) is 0 Å². The van der Waals surface area contributed by atoms with E-state index in [0.29, 0.717) is 41.2 Å². The highest BCUT2D eigenvalue weighted by Gasteiger charge is 2.41. The third kappa shape index (κ3) is 3.17. The molecule has 0 aliphatic heterocycles. The summed E-state index contributed by atoms with van der Waals surface area (Å²) in [4.78, 5) is 8.97. The SMILES string of the molecule is CC1(O)CC(c2nc(-c3ccc(Oc4ccccc4)c(F)c3)c3c(N)nccn23)C1. The van der Waals surface area contributed by atoms with Gasteiger partial charge in [0.25, 0.3) is 0 Å². The van der Waals surface area contributed by atoms with Gasteiger partial charge in [0.1, 0.15) is 28.6 Å². The average molecular weight is 404 g/mol. The second-order valence-corrected chi connectivity index (χ2v) is 8.01. The monoisotopic (exact) mass is 404 g/mol. The third-order valence-corrected chi connectivity index (χ3v) is 5.52. The Kier molecular flexibility index (Phi) is 4.22. The molecule has 6 nitrogen and oxygen atoms in total. The normalized spacial score (nSPS) is 20.8. The number of hydrogen-bond donors (Lipinski definition) is 2. The summed E-state index contributed by atoms with van der Waals surface area (Å²) in [5.41, 5.74) is 7.25. The quantitative estimate of drug-likeness (QED) is 0.522. The fourth-order valence-corrected chi connectivity index (χ4v) is 4.11. The van der Waals surface area contributed by atoms with Crippen LogP contribution in [0.3, 0.4) is 0 Å². The summed E-state index contributed by atoms with van der Waals surface area (Å²) < 4.78 is 22.4. The van der Waals surface area contributed by atoms with Gasteiger partial charge in [0.2, 0.25) is 0 Å². The number of rotatable bonds is 4. The fraction of sp³-hybridized carbons (Fsp3) is 0.217.